The van der Waals surface area contributed by atoms with E-state index in [1.165, 1.54) is 0 Å². The van der Waals surface area contributed by atoms with Crippen LogP contribution in [-0.4, -0.2) is 23.5 Å². The van der Waals surface area contributed by atoms with E-state index in [0.717, 1.165) is 50.6 Å². The highest BCUT2D eigenvalue weighted by Gasteiger charge is 2.32. The third kappa shape index (κ3) is 4.57. The third-order valence-corrected chi connectivity index (χ3v) is 6.88. The molecule has 2 fully saturated rings. The van der Waals surface area contributed by atoms with Crippen molar-refractivity contribution >= 4 is 22.2 Å². The number of rotatable bonds is 5. The van der Waals surface area contributed by atoms with E-state index in [1.54, 1.807) is 0 Å². The SMILES string of the molecule is O=S(=O)([O-])C1CCC(C2CCC(SOO[O-])CC2)CC1. The molecule has 0 spiro atoms. The largest absolute Gasteiger partial charge is 0.748 e. The molecule has 0 N–H and O–H groups in total. The Morgan fingerprint density at radius 2 is 1.40 bits per heavy atom. The van der Waals surface area contributed by atoms with Gasteiger partial charge in [0.05, 0.1) is 10.1 Å². The van der Waals surface area contributed by atoms with Crippen LogP contribution in [0.2, 0.25) is 0 Å². The van der Waals surface area contributed by atoms with Gasteiger partial charge in [0.25, 0.3) is 0 Å². The monoisotopic (exact) mass is 324 g/mol. The van der Waals surface area contributed by atoms with E-state index in [0.29, 0.717) is 29.9 Å². The van der Waals surface area contributed by atoms with Gasteiger partial charge in [-0.1, -0.05) is 0 Å². The molecule has 0 heterocycles. The fourth-order valence-corrected chi connectivity index (χ4v) is 5.03. The van der Waals surface area contributed by atoms with Gasteiger partial charge in [-0.3, -0.25) is 5.04 Å². The fraction of sp³-hybridized carbons (Fsp3) is 1.00. The summed E-state index contributed by atoms with van der Waals surface area (Å²) in [6.07, 6.45) is 6.82. The van der Waals surface area contributed by atoms with Crippen LogP contribution in [0.15, 0.2) is 0 Å². The molecule has 0 atom stereocenters. The average molecular weight is 324 g/mol. The van der Waals surface area contributed by atoms with Crippen LogP contribution >= 0.6 is 12.0 Å². The van der Waals surface area contributed by atoms with Gasteiger partial charge < -0.3 is 9.81 Å². The maximum atomic E-state index is 11.0. The van der Waals surface area contributed by atoms with Crippen LogP contribution in [0.4, 0.5) is 0 Å². The second-order valence-electron chi connectivity index (χ2n) is 5.80. The van der Waals surface area contributed by atoms with E-state index in [-0.39, 0.29) is 0 Å². The Kier molecular flexibility index (Phi) is 6.12. The maximum absolute atomic E-state index is 11.0. The molecule has 8 heteroatoms. The van der Waals surface area contributed by atoms with Crippen LogP contribution in [0.25, 0.3) is 0 Å². The number of hydrogen-bond donors (Lipinski definition) is 0. The van der Waals surface area contributed by atoms with Gasteiger partial charge in [0, 0.05) is 22.5 Å². The van der Waals surface area contributed by atoms with Gasteiger partial charge >= 0.3 is 0 Å². The second kappa shape index (κ2) is 7.42. The Morgan fingerprint density at radius 1 is 0.900 bits per heavy atom. The Morgan fingerprint density at radius 3 is 1.85 bits per heavy atom. The average Bonchev–Trinajstić information content (AvgIpc) is 2.45. The van der Waals surface area contributed by atoms with Crippen LogP contribution in [0, 0.1) is 11.8 Å². The normalized spacial score (nSPS) is 35.9. The maximum Gasteiger partial charge on any atom is 0.0975 e. The Bertz CT molecular complexity index is 383. The lowest BCUT2D eigenvalue weighted by Gasteiger charge is -2.37. The van der Waals surface area contributed by atoms with E-state index in [4.69, 9.17) is 0 Å². The van der Waals surface area contributed by atoms with E-state index in [9.17, 15) is 18.2 Å². The quantitative estimate of drug-likeness (QED) is 0.327. The van der Waals surface area contributed by atoms with Gasteiger partial charge in [-0.25, -0.2) is 8.42 Å². The third-order valence-electron chi connectivity index (χ3n) is 4.72. The molecule has 2 saturated carbocycles. The molecule has 0 bridgehead atoms. The molecule has 6 nitrogen and oxygen atoms in total. The van der Waals surface area contributed by atoms with Crippen molar-refractivity contribution in [3.63, 3.8) is 0 Å². The zero-order chi connectivity index (χ0) is 14.6. The molecule has 2 rings (SSSR count). The molecule has 2 aliphatic rings. The molecule has 0 aliphatic heterocycles. The van der Waals surface area contributed by atoms with Crippen LogP contribution in [0.5, 0.6) is 0 Å². The standard InChI is InChI=1S/C12H22O6S2/c13-17-18-19-11-5-1-9(2-6-11)10-3-7-12(8-4-10)20(14,15)16/h9-13H,1-8H2,(H,14,15,16)/p-2. The van der Waals surface area contributed by atoms with Gasteiger partial charge in [-0.2, -0.15) is 4.33 Å². The van der Waals surface area contributed by atoms with Crippen LogP contribution < -0.4 is 5.26 Å². The summed E-state index contributed by atoms with van der Waals surface area (Å²) in [7, 11) is -4.11. The number of hydrogen-bond acceptors (Lipinski definition) is 7. The predicted molar refractivity (Wildman–Crippen MR) is 71.0 cm³/mol. The molecule has 2 aliphatic carbocycles. The smallest absolute Gasteiger partial charge is 0.0975 e. The first-order valence-electron chi connectivity index (χ1n) is 7.07. The topological polar surface area (TPSA) is 98.7 Å². The molecule has 0 saturated heterocycles. The Labute approximate surface area is 124 Å². The van der Waals surface area contributed by atoms with Crippen LogP contribution in [0.1, 0.15) is 51.4 Å². The molecule has 0 aromatic rings. The summed E-state index contributed by atoms with van der Waals surface area (Å²) in [6, 6.07) is 0. The Balaban J connectivity index is 1.73. The molecule has 118 valence electrons. The molecule has 0 aromatic heterocycles. The minimum absolute atomic E-state index is 0.304. The van der Waals surface area contributed by atoms with Crippen LogP contribution in [0.3, 0.4) is 0 Å². The summed E-state index contributed by atoms with van der Waals surface area (Å²) in [5.41, 5.74) is 0. The summed E-state index contributed by atoms with van der Waals surface area (Å²) in [5, 5.41) is 12.8. The van der Waals surface area contributed by atoms with Gasteiger partial charge in [-0.05, 0) is 63.2 Å². The van der Waals surface area contributed by atoms with E-state index >= 15 is 0 Å². The summed E-state index contributed by atoms with van der Waals surface area (Å²) >= 11 is 1.09. The van der Waals surface area contributed by atoms with Gasteiger partial charge in [-0.15, -0.1) is 0 Å². The Hall–Kier alpha value is 0.140. The van der Waals surface area contributed by atoms with Crippen molar-refractivity contribution in [1.82, 2.24) is 0 Å². The molecular weight excluding hydrogens is 304 g/mol. The molecular formula is C12H20O6S2-2. The van der Waals surface area contributed by atoms with Gasteiger partial charge in [0.1, 0.15) is 0 Å². The van der Waals surface area contributed by atoms with Crippen molar-refractivity contribution in [2.45, 2.75) is 61.9 Å². The zero-order valence-electron chi connectivity index (χ0n) is 11.2. The lowest BCUT2D eigenvalue weighted by Crippen LogP contribution is -2.31. The minimum Gasteiger partial charge on any atom is -0.748 e. The van der Waals surface area contributed by atoms with Crippen molar-refractivity contribution in [3.8, 4) is 0 Å². The van der Waals surface area contributed by atoms with Gasteiger partial charge in [0.2, 0.25) is 0 Å². The minimum atomic E-state index is -4.11. The van der Waals surface area contributed by atoms with E-state index in [1.807, 2.05) is 0 Å². The summed E-state index contributed by atoms with van der Waals surface area (Å²) in [4.78, 5) is 0. The highest BCUT2D eigenvalue weighted by molar-refractivity contribution is 7.95. The van der Waals surface area contributed by atoms with Crippen molar-refractivity contribution < 1.29 is 27.6 Å². The van der Waals surface area contributed by atoms with E-state index in [2.05, 4.69) is 9.37 Å². The zero-order valence-corrected chi connectivity index (χ0v) is 12.9. The highest BCUT2D eigenvalue weighted by atomic mass is 32.2. The first kappa shape index (κ1) is 16.5. The van der Waals surface area contributed by atoms with Gasteiger partial charge in [0.15, 0.2) is 0 Å². The molecule has 0 unspecified atom stereocenters. The first-order chi connectivity index (χ1) is 9.50. The van der Waals surface area contributed by atoms with Crippen LogP contribution in [-0.2, 0) is 19.5 Å². The molecule has 20 heavy (non-hydrogen) atoms. The predicted octanol–water partition coefficient (Wildman–Crippen LogP) is 1.52. The van der Waals surface area contributed by atoms with Crippen molar-refractivity contribution in [1.29, 1.82) is 0 Å². The molecule has 0 radical (unpaired) electrons. The molecule has 0 amide bonds. The van der Waals surface area contributed by atoms with E-state index < -0.39 is 15.4 Å². The lowest BCUT2D eigenvalue weighted by atomic mass is 9.73. The highest BCUT2D eigenvalue weighted by Crippen LogP contribution is 2.41. The molecule has 0 aromatic carbocycles. The van der Waals surface area contributed by atoms with Crippen molar-refractivity contribution in [3.05, 3.63) is 0 Å². The summed E-state index contributed by atoms with van der Waals surface area (Å²) < 4.78 is 37.4. The summed E-state index contributed by atoms with van der Waals surface area (Å²) in [5.74, 6) is 1.14. The van der Waals surface area contributed by atoms with Crippen molar-refractivity contribution in [2.24, 2.45) is 11.8 Å². The van der Waals surface area contributed by atoms with Crippen molar-refractivity contribution in [2.75, 3.05) is 0 Å². The summed E-state index contributed by atoms with van der Waals surface area (Å²) in [6.45, 7) is 0. The lowest BCUT2D eigenvalue weighted by molar-refractivity contribution is -0.777. The fourth-order valence-electron chi connectivity index (χ4n) is 3.58. The first-order valence-corrected chi connectivity index (χ1v) is 9.35. The second-order valence-corrected chi connectivity index (χ2v) is 8.45.